The number of carbonyl (C=O) groups excluding carboxylic acids is 1. The Morgan fingerprint density at radius 1 is 1.19 bits per heavy atom. The van der Waals surface area contributed by atoms with Crippen LogP contribution in [0.4, 0.5) is 0 Å². The first-order valence-electron chi connectivity index (χ1n) is 4.74. The van der Waals surface area contributed by atoms with Crippen molar-refractivity contribution in [1.29, 1.82) is 0 Å². The van der Waals surface area contributed by atoms with Crippen LogP contribution in [-0.4, -0.2) is 18.9 Å². The van der Waals surface area contributed by atoms with E-state index >= 15 is 0 Å². The molecule has 1 rings (SSSR count). The van der Waals surface area contributed by atoms with Gasteiger partial charge >= 0.3 is 0 Å². The molecule has 6 heteroatoms. The summed E-state index contributed by atoms with van der Waals surface area (Å²) >= 11 is 0. The Kier molecular flexibility index (Phi) is 14.5. The molecule has 1 saturated carbocycles. The van der Waals surface area contributed by atoms with Crippen LogP contribution in [0.25, 0.3) is 0 Å². The average molecular weight is 378 g/mol. The fourth-order valence-corrected chi connectivity index (χ4v) is 1.81. The Morgan fingerprint density at radius 3 is 2.38 bits per heavy atom. The fraction of sp³-hybridized carbons (Fsp3) is 0.700. The second kappa shape index (κ2) is 11.7. The summed E-state index contributed by atoms with van der Waals surface area (Å²) in [6, 6.07) is 0. The maximum Gasteiger partial charge on any atom is 0.279 e. The summed E-state index contributed by atoms with van der Waals surface area (Å²) in [6.45, 7) is 0.117. The van der Waals surface area contributed by atoms with E-state index in [1.54, 1.807) is 0 Å². The van der Waals surface area contributed by atoms with Crippen molar-refractivity contribution in [2.45, 2.75) is 31.8 Å². The minimum Gasteiger partial charge on any atom is -0.640 e. The van der Waals surface area contributed by atoms with Gasteiger partial charge in [0.2, 0.25) is 0 Å². The van der Waals surface area contributed by atoms with Crippen LogP contribution >= 0.6 is 0 Å². The van der Waals surface area contributed by atoms with Gasteiger partial charge in [-0.2, -0.15) is 7.11 Å². The zero-order valence-electron chi connectivity index (χ0n) is 9.39. The van der Waals surface area contributed by atoms with Crippen LogP contribution in [0.1, 0.15) is 25.7 Å². The molecule has 88 valence electrons. The quantitative estimate of drug-likeness (QED) is 0.424. The fourth-order valence-electron chi connectivity index (χ4n) is 1.81. The normalized spacial score (nSPS) is 23.9. The van der Waals surface area contributed by atoms with Crippen molar-refractivity contribution >= 4 is 5.97 Å². The number of hydrogen-bond acceptors (Lipinski definition) is 4. The monoisotopic (exact) mass is 378 g/mol. The molecule has 0 aromatic rings. The number of rotatable bonds is 4. The molecule has 0 N–H and O–H groups in total. The molecule has 0 heterocycles. The predicted molar refractivity (Wildman–Crippen MR) is 49.6 cm³/mol. The molecule has 0 spiro atoms. The zero-order chi connectivity index (χ0) is 10.4. The van der Waals surface area contributed by atoms with Crippen LogP contribution in [0, 0.1) is 20.1 Å². The molecule has 0 saturated heterocycles. The number of ether oxygens (including phenoxy) is 3. The molecule has 0 aromatic carbocycles. The third kappa shape index (κ3) is 6.51. The first kappa shape index (κ1) is 19.9. The average Bonchev–Trinajstić information content (AvgIpc) is 2.25. The van der Waals surface area contributed by atoms with Crippen LogP contribution in [0.5, 0.6) is 0 Å². The van der Waals surface area contributed by atoms with Crippen molar-refractivity contribution in [1.82, 2.24) is 0 Å². The molecule has 2 atom stereocenters. The Bertz CT molecular complexity index is 190. The molecule has 0 aromatic heterocycles. The zero-order valence-corrected chi connectivity index (χ0v) is 15.1. The van der Waals surface area contributed by atoms with Crippen molar-refractivity contribution in [2.75, 3.05) is 6.79 Å². The molecule has 2 radical (unpaired) electrons. The maximum atomic E-state index is 11.3. The first-order chi connectivity index (χ1) is 6.79. The van der Waals surface area contributed by atoms with E-state index in [1.807, 2.05) is 0 Å². The first-order valence-corrected chi connectivity index (χ1v) is 4.74. The summed E-state index contributed by atoms with van der Waals surface area (Å²) in [5.41, 5.74) is 0. The van der Waals surface area contributed by atoms with E-state index in [9.17, 15) is 4.79 Å². The van der Waals surface area contributed by atoms with Gasteiger partial charge in [-0.05, 0) is 12.8 Å². The van der Waals surface area contributed by atoms with Crippen molar-refractivity contribution < 1.29 is 84.4 Å². The minimum absolute atomic E-state index is 0. The van der Waals surface area contributed by atoms with E-state index in [4.69, 9.17) is 4.74 Å². The van der Waals surface area contributed by atoms with Crippen LogP contribution in [0.3, 0.4) is 0 Å². The largest absolute Gasteiger partial charge is 0.640 e. The number of carbonyl (C=O) groups is 1. The molecular weight excluding hydrogens is 362 g/mol. The van der Waals surface area contributed by atoms with E-state index in [1.165, 1.54) is 0 Å². The topological polar surface area (TPSA) is 44.8 Å². The van der Waals surface area contributed by atoms with Gasteiger partial charge in [-0.25, -0.2) is 7.11 Å². The van der Waals surface area contributed by atoms with Crippen molar-refractivity contribution in [2.24, 2.45) is 5.92 Å². The molecule has 0 aliphatic heterocycles. The SMILES string of the molecule is [CH2-]OCOC1CCCCC1C(=O)O[CH2-].[Y].[Y]. The van der Waals surface area contributed by atoms with Crippen LogP contribution in [0.15, 0.2) is 0 Å². The molecule has 1 aliphatic rings. The molecule has 1 aliphatic carbocycles. The molecule has 0 amide bonds. The van der Waals surface area contributed by atoms with Crippen LogP contribution < -0.4 is 0 Å². The van der Waals surface area contributed by atoms with E-state index in [0.717, 1.165) is 25.7 Å². The molecular formula is C10H16O4Y2-2. The summed E-state index contributed by atoms with van der Waals surface area (Å²) in [6.07, 6.45) is 3.66. The van der Waals surface area contributed by atoms with Crippen molar-refractivity contribution in [3.63, 3.8) is 0 Å². The molecule has 4 nitrogen and oxygen atoms in total. The summed E-state index contributed by atoms with van der Waals surface area (Å²) in [7, 11) is 6.33. The summed E-state index contributed by atoms with van der Waals surface area (Å²) in [5.74, 6) is -0.491. The van der Waals surface area contributed by atoms with Gasteiger partial charge in [0.1, 0.15) is 6.79 Å². The van der Waals surface area contributed by atoms with Gasteiger partial charge in [0.15, 0.2) is 0 Å². The Balaban J connectivity index is 0. The van der Waals surface area contributed by atoms with Gasteiger partial charge in [-0.15, -0.1) is 0 Å². The van der Waals surface area contributed by atoms with Gasteiger partial charge in [-0.1, -0.05) is 12.8 Å². The van der Waals surface area contributed by atoms with Gasteiger partial charge in [-0.3, -0.25) is 4.79 Å². The third-order valence-corrected chi connectivity index (χ3v) is 2.51. The van der Waals surface area contributed by atoms with Gasteiger partial charge in [0.05, 0.1) is 12.0 Å². The Morgan fingerprint density at radius 2 is 1.81 bits per heavy atom. The van der Waals surface area contributed by atoms with E-state index < -0.39 is 0 Å². The second-order valence-corrected chi connectivity index (χ2v) is 3.38. The van der Waals surface area contributed by atoms with Crippen LogP contribution in [-0.2, 0) is 84.4 Å². The third-order valence-electron chi connectivity index (χ3n) is 2.51. The Labute approximate surface area is 147 Å². The number of hydrogen-bond donors (Lipinski definition) is 0. The van der Waals surface area contributed by atoms with Gasteiger partial charge in [0, 0.05) is 65.4 Å². The smallest absolute Gasteiger partial charge is 0.279 e. The molecule has 16 heavy (non-hydrogen) atoms. The van der Waals surface area contributed by atoms with E-state index in [0.29, 0.717) is 0 Å². The van der Waals surface area contributed by atoms with Crippen LogP contribution in [0.2, 0.25) is 0 Å². The van der Waals surface area contributed by atoms with Gasteiger partial charge in [0.25, 0.3) is 5.97 Å². The predicted octanol–water partition coefficient (Wildman–Crippen LogP) is 1.66. The number of esters is 1. The summed E-state index contributed by atoms with van der Waals surface area (Å²) < 4.78 is 14.4. The Hall–Kier alpha value is 1.60. The molecule has 0 bridgehead atoms. The van der Waals surface area contributed by atoms with E-state index in [2.05, 4.69) is 23.7 Å². The second-order valence-electron chi connectivity index (χ2n) is 3.38. The maximum absolute atomic E-state index is 11.3. The molecule has 2 unspecified atom stereocenters. The standard InChI is InChI=1S/C10H16O4.2Y/c1-12-7-14-9-6-4-3-5-8(9)10(11)13-2;;/h8-9H,1-7H2;;/q-2;;. The van der Waals surface area contributed by atoms with Crippen molar-refractivity contribution in [3.8, 4) is 0 Å². The summed E-state index contributed by atoms with van der Waals surface area (Å²) in [5, 5.41) is 0. The minimum atomic E-state index is -0.293. The van der Waals surface area contributed by atoms with E-state index in [-0.39, 0.29) is 90.2 Å². The van der Waals surface area contributed by atoms with Crippen molar-refractivity contribution in [3.05, 3.63) is 14.2 Å². The summed E-state index contributed by atoms with van der Waals surface area (Å²) in [4.78, 5) is 11.3. The molecule has 1 fully saturated rings. The van der Waals surface area contributed by atoms with Gasteiger partial charge < -0.3 is 14.2 Å².